The fourth-order valence-corrected chi connectivity index (χ4v) is 3.14. The summed E-state index contributed by atoms with van der Waals surface area (Å²) in [5.41, 5.74) is 1.09. The quantitative estimate of drug-likeness (QED) is 0.519. The molecule has 2 rings (SSSR count). The van der Waals surface area contributed by atoms with Crippen molar-refractivity contribution in [3.8, 4) is 0 Å². The van der Waals surface area contributed by atoms with E-state index in [-0.39, 0.29) is 46.3 Å². The predicted octanol–water partition coefficient (Wildman–Crippen LogP) is 1.76. The Morgan fingerprint density at radius 2 is 1.43 bits per heavy atom. The van der Waals surface area contributed by atoms with Crippen molar-refractivity contribution in [1.29, 1.82) is 0 Å². The fourth-order valence-electron chi connectivity index (χ4n) is 2.41. The molecule has 1 unspecified atom stereocenters. The Bertz CT molecular complexity index is 835. The molecule has 2 aromatic carbocycles. The number of nitrogens with one attached hydrogen (secondary N) is 1. The van der Waals surface area contributed by atoms with Crippen LogP contribution in [0.2, 0.25) is 10.0 Å². The minimum absolute atomic E-state index is 0. The van der Waals surface area contributed by atoms with E-state index in [1.54, 1.807) is 12.1 Å². The number of rotatable bonds is 2. The highest BCUT2D eigenvalue weighted by atomic mass is 35.5. The summed E-state index contributed by atoms with van der Waals surface area (Å²) < 4.78 is 0.877. The third-order valence-electron chi connectivity index (χ3n) is 3.78. The lowest BCUT2D eigenvalue weighted by atomic mass is 10.1. The summed E-state index contributed by atoms with van der Waals surface area (Å²) >= 11 is 18.2. The molecule has 0 aliphatic rings. The largest absolute Gasteiger partial charge is 1.00 e. The Kier molecular flexibility index (Phi) is 10.3. The van der Waals surface area contributed by atoms with Crippen LogP contribution in [0.5, 0.6) is 0 Å². The third kappa shape index (κ3) is 6.24. The van der Waals surface area contributed by atoms with E-state index in [1.165, 1.54) is 18.2 Å². The zero-order chi connectivity index (χ0) is 19.6. The molecule has 9 heteroatoms. The molecule has 0 fully saturated rings. The van der Waals surface area contributed by atoms with Gasteiger partial charge in [-0.15, -0.1) is 17.4 Å². The van der Waals surface area contributed by atoms with Gasteiger partial charge in [0.1, 0.15) is 5.54 Å². The van der Waals surface area contributed by atoms with Crippen molar-refractivity contribution >= 4 is 59.2 Å². The van der Waals surface area contributed by atoms with Crippen LogP contribution in [-0.2, 0) is 0 Å². The lowest BCUT2D eigenvalue weighted by Crippen LogP contribution is -3.25. The molecule has 0 aromatic heterocycles. The molecule has 0 saturated carbocycles. The van der Waals surface area contributed by atoms with Gasteiger partial charge in [-0.05, 0) is 58.0 Å². The maximum absolute atomic E-state index is 13.0. The van der Waals surface area contributed by atoms with Crippen LogP contribution in [0.25, 0.3) is 0 Å². The highest BCUT2D eigenvalue weighted by Crippen LogP contribution is 2.23. The number of carbonyl (C=O) groups excluding carboxylic acids is 2. The van der Waals surface area contributed by atoms with Crippen molar-refractivity contribution in [2.45, 2.75) is 33.2 Å². The molecule has 28 heavy (non-hydrogen) atoms. The minimum atomic E-state index is -0.657. The molecule has 0 saturated heterocycles. The topological polar surface area (TPSA) is 41.8 Å². The minimum Gasteiger partial charge on any atom is -1.00 e. The second-order valence-electron chi connectivity index (χ2n) is 7.01. The van der Waals surface area contributed by atoms with Crippen LogP contribution in [-0.4, -0.2) is 21.9 Å². The van der Waals surface area contributed by atoms with E-state index in [9.17, 15) is 9.59 Å². The number of hydrogen-bond acceptors (Lipinski definition) is 2. The average Bonchev–Trinajstić information content (AvgIpc) is 2.56. The van der Waals surface area contributed by atoms with E-state index in [0.717, 1.165) is 10.1 Å². The molecular formula is C19H21Cl5N2O2. The summed E-state index contributed by atoms with van der Waals surface area (Å²) in [7, 11) is 0. The zero-order valence-electron chi connectivity index (χ0n) is 15.7. The first-order valence-corrected chi connectivity index (χ1v) is 9.06. The van der Waals surface area contributed by atoms with Crippen LogP contribution in [0, 0.1) is 6.92 Å². The highest BCUT2D eigenvalue weighted by Gasteiger charge is 2.41. The van der Waals surface area contributed by atoms with Crippen molar-refractivity contribution in [2.75, 3.05) is 0 Å². The molecule has 0 bridgehead atoms. The van der Waals surface area contributed by atoms with Gasteiger partial charge in [0.2, 0.25) is 0 Å². The summed E-state index contributed by atoms with van der Waals surface area (Å²) in [5, 5.41) is 0.754. The molecule has 154 valence electrons. The monoisotopic (exact) mass is 484 g/mol. The van der Waals surface area contributed by atoms with E-state index in [2.05, 4.69) is 0 Å². The van der Waals surface area contributed by atoms with Crippen LogP contribution in [0.1, 0.15) is 47.1 Å². The molecule has 0 aliphatic heterocycles. The second-order valence-corrected chi connectivity index (χ2v) is 8.16. The van der Waals surface area contributed by atoms with Crippen molar-refractivity contribution < 1.29 is 27.0 Å². The normalized spacial score (nSPS) is 11.7. The Labute approximate surface area is 192 Å². The molecule has 2 amide bonds. The molecular weight excluding hydrogens is 465 g/mol. The molecule has 2 aromatic rings. The van der Waals surface area contributed by atoms with Crippen LogP contribution < -0.4 is 17.4 Å². The van der Waals surface area contributed by atoms with Crippen LogP contribution >= 0.6 is 47.4 Å². The van der Waals surface area contributed by atoms with Gasteiger partial charge in [0.05, 0.1) is 27.4 Å². The van der Waals surface area contributed by atoms with Gasteiger partial charge in [-0.2, -0.15) is 0 Å². The van der Waals surface area contributed by atoms with Crippen molar-refractivity contribution in [3.05, 3.63) is 69.2 Å². The Hall–Kier alpha value is -1.01. The molecule has 1 N–H and O–H groups in total. The number of hydrogen-bond donors (Lipinski definition) is 1. The van der Waals surface area contributed by atoms with Crippen molar-refractivity contribution in [2.24, 2.45) is 0 Å². The summed E-state index contributed by atoms with van der Waals surface area (Å²) in [6.45, 7) is 7.41. The van der Waals surface area contributed by atoms with E-state index in [4.69, 9.17) is 35.0 Å². The van der Waals surface area contributed by atoms with Crippen LogP contribution in [0.3, 0.4) is 0 Å². The SMILES string of the molecule is Cc1ccc(C(=O)[NH+](N(Cl)C(=O)c2ccc(Cl)c(Cl)c2)C(C)(C)C)cc1.Cl.[Cl-]. The van der Waals surface area contributed by atoms with Gasteiger partial charge in [0.15, 0.2) is 0 Å². The summed E-state index contributed by atoms with van der Waals surface area (Å²) in [6.07, 6.45) is 0. The highest BCUT2D eigenvalue weighted by molar-refractivity contribution is 6.42. The first-order valence-electron chi connectivity index (χ1n) is 7.96. The zero-order valence-corrected chi connectivity index (χ0v) is 19.6. The lowest BCUT2D eigenvalue weighted by molar-refractivity contribution is -0.951. The van der Waals surface area contributed by atoms with E-state index >= 15 is 0 Å². The number of nitrogens with zero attached hydrogens (tertiary/aromatic N) is 1. The molecule has 0 heterocycles. The maximum atomic E-state index is 13.0. The Morgan fingerprint density at radius 3 is 1.89 bits per heavy atom. The standard InChI is InChI=1S/C19H19Cl3N2O2.2ClH/c1-12-5-7-13(8-6-12)17(25)23(19(2,3)4)24(22)18(26)14-9-10-15(20)16(21)11-14;;/h5-11H,1-4H3;2*1H. The summed E-state index contributed by atoms with van der Waals surface area (Å²) in [6, 6.07) is 11.6. The van der Waals surface area contributed by atoms with Gasteiger partial charge in [0.25, 0.3) is 0 Å². The molecule has 0 spiro atoms. The predicted molar refractivity (Wildman–Crippen MR) is 112 cm³/mol. The average molecular weight is 487 g/mol. The van der Waals surface area contributed by atoms with Crippen molar-refractivity contribution in [1.82, 2.24) is 4.53 Å². The summed E-state index contributed by atoms with van der Waals surface area (Å²) in [4.78, 5) is 25.8. The second kappa shape index (κ2) is 10.7. The fraction of sp³-hybridized carbons (Fsp3) is 0.263. The Balaban J connectivity index is 0.00000364. The molecule has 0 radical (unpaired) electrons. The maximum Gasteiger partial charge on any atom is 0.370 e. The number of aryl methyl sites for hydroxylation is 1. The number of halogens is 5. The number of amides is 2. The number of quaternary nitrogens is 1. The number of carbonyl (C=O) groups is 2. The van der Waals surface area contributed by atoms with Gasteiger partial charge >= 0.3 is 11.8 Å². The van der Waals surface area contributed by atoms with Crippen LogP contribution in [0.15, 0.2) is 42.5 Å². The first kappa shape index (κ1) is 27.0. The molecule has 0 aliphatic carbocycles. The number of benzene rings is 2. The van der Waals surface area contributed by atoms with Gasteiger partial charge < -0.3 is 12.4 Å². The van der Waals surface area contributed by atoms with Gasteiger partial charge in [-0.3, -0.25) is 4.79 Å². The Morgan fingerprint density at radius 1 is 0.929 bits per heavy atom. The van der Waals surface area contributed by atoms with Gasteiger partial charge in [-0.25, -0.2) is 4.79 Å². The molecule has 4 nitrogen and oxygen atoms in total. The summed E-state index contributed by atoms with van der Waals surface area (Å²) in [5.74, 6) is -0.850. The van der Waals surface area contributed by atoms with E-state index in [1.807, 2.05) is 39.8 Å². The van der Waals surface area contributed by atoms with Gasteiger partial charge in [-0.1, -0.05) is 45.4 Å². The van der Waals surface area contributed by atoms with E-state index < -0.39 is 11.4 Å². The smallest absolute Gasteiger partial charge is 0.370 e. The first-order chi connectivity index (χ1) is 12.0. The van der Waals surface area contributed by atoms with Crippen LogP contribution in [0.4, 0.5) is 0 Å². The van der Waals surface area contributed by atoms with Gasteiger partial charge in [0, 0.05) is 5.56 Å². The van der Waals surface area contributed by atoms with Crippen molar-refractivity contribution in [3.63, 3.8) is 0 Å². The lowest BCUT2D eigenvalue weighted by Gasteiger charge is -2.33. The third-order valence-corrected chi connectivity index (χ3v) is 4.84. The van der Waals surface area contributed by atoms with E-state index in [0.29, 0.717) is 10.6 Å². The molecule has 1 atom stereocenters.